The molecule has 1 heterocycles. The molecule has 0 aromatic carbocycles. The number of carbonyl (C=O) groups is 1. The van der Waals surface area contributed by atoms with Crippen molar-refractivity contribution in [3.05, 3.63) is 18.0 Å². The number of aryl methyl sites for hydroxylation is 1. The molecule has 0 radical (unpaired) electrons. The van der Waals surface area contributed by atoms with Gasteiger partial charge in [0.25, 0.3) is 0 Å². The van der Waals surface area contributed by atoms with E-state index in [1.165, 1.54) is 0 Å². The van der Waals surface area contributed by atoms with Crippen LogP contribution in [-0.2, 0) is 11.3 Å². The van der Waals surface area contributed by atoms with Gasteiger partial charge in [-0.25, -0.2) is 4.79 Å². The van der Waals surface area contributed by atoms with E-state index in [9.17, 15) is 9.90 Å². The first-order valence-corrected chi connectivity index (χ1v) is 6.18. The van der Waals surface area contributed by atoms with Crippen LogP contribution in [0.2, 0.25) is 0 Å². The highest BCUT2D eigenvalue weighted by Crippen LogP contribution is 2.14. The predicted molar refractivity (Wildman–Crippen MR) is 70.3 cm³/mol. The molecule has 0 saturated carbocycles. The average molecular weight is 254 g/mol. The minimum Gasteiger partial charge on any atom is -0.461 e. The molecular formula is C13H22N2O3. The number of hydrogen-bond donors (Lipinski definition) is 2. The van der Waals surface area contributed by atoms with Gasteiger partial charge in [-0.2, -0.15) is 0 Å². The van der Waals surface area contributed by atoms with Crippen LogP contribution in [0.1, 0.15) is 44.1 Å². The Hall–Kier alpha value is -1.49. The molecule has 102 valence electrons. The number of nitrogens with two attached hydrogens (primary N) is 1. The molecule has 0 atom stereocenters. The highest BCUT2D eigenvalue weighted by Gasteiger charge is 2.17. The third-order valence-electron chi connectivity index (χ3n) is 2.54. The quantitative estimate of drug-likeness (QED) is 0.759. The van der Waals surface area contributed by atoms with Crippen LogP contribution in [0.25, 0.3) is 0 Å². The predicted octanol–water partition coefficient (Wildman–Crippen LogP) is 1.80. The topological polar surface area (TPSA) is 77.5 Å². The number of rotatable bonds is 6. The summed E-state index contributed by atoms with van der Waals surface area (Å²) in [6, 6.07) is 1.61. The summed E-state index contributed by atoms with van der Waals surface area (Å²) in [5.74, 6) is -0.399. The summed E-state index contributed by atoms with van der Waals surface area (Å²) in [5, 5.41) is 9.53. The first-order chi connectivity index (χ1) is 8.33. The van der Waals surface area contributed by atoms with Gasteiger partial charge in [0.1, 0.15) is 5.69 Å². The van der Waals surface area contributed by atoms with Gasteiger partial charge in [0.2, 0.25) is 0 Å². The summed E-state index contributed by atoms with van der Waals surface area (Å²) in [4.78, 5) is 11.9. The van der Waals surface area contributed by atoms with Crippen molar-refractivity contribution < 1.29 is 14.6 Å². The molecule has 0 amide bonds. The second-order valence-electron chi connectivity index (χ2n) is 5.05. The van der Waals surface area contributed by atoms with Gasteiger partial charge in [-0.3, -0.25) is 0 Å². The van der Waals surface area contributed by atoms with Crippen LogP contribution in [0.3, 0.4) is 0 Å². The molecule has 3 N–H and O–H groups in total. The van der Waals surface area contributed by atoms with Gasteiger partial charge in [-0.05, 0) is 26.3 Å². The van der Waals surface area contributed by atoms with Crippen molar-refractivity contribution in [1.82, 2.24) is 4.57 Å². The molecule has 0 aliphatic rings. The Labute approximate surface area is 108 Å². The summed E-state index contributed by atoms with van der Waals surface area (Å²) in [6.45, 7) is 6.31. The number of nitrogens with zero attached hydrogens (tertiary/aromatic N) is 1. The summed E-state index contributed by atoms with van der Waals surface area (Å²) in [7, 11) is 0. The standard InChI is InChI=1S/C13H22N2O3/c1-4-6-15-9-10(14)8-11(15)12(16)18-7-5-13(2,3)17/h8-9,17H,4-7,14H2,1-3H3. The van der Waals surface area contributed by atoms with E-state index in [0.29, 0.717) is 17.8 Å². The van der Waals surface area contributed by atoms with Gasteiger partial charge >= 0.3 is 5.97 Å². The zero-order chi connectivity index (χ0) is 13.8. The summed E-state index contributed by atoms with van der Waals surface area (Å²) in [5.41, 5.74) is 5.86. The Morgan fingerprint density at radius 1 is 1.56 bits per heavy atom. The number of carbonyl (C=O) groups excluding carboxylic acids is 1. The van der Waals surface area contributed by atoms with Gasteiger partial charge in [0.15, 0.2) is 0 Å². The van der Waals surface area contributed by atoms with Crippen molar-refractivity contribution >= 4 is 11.7 Å². The largest absolute Gasteiger partial charge is 0.461 e. The Morgan fingerprint density at radius 3 is 2.78 bits per heavy atom. The summed E-state index contributed by atoms with van der Waals surface area (Å²) < 4.78 is 6.92. The second-order valence-corrected chi connectivity index (χ2v) is 5.05. The number of esters is 1. The molecule has 0 aliphatic carbocycles. The van der Waals surface area contributed by atoms with E-state index in [1.54, 1.807) is 30.7 Å². The van der Waals surface area contributed by atoms with E-state index < -0.39 is 11.6 Å². The Kier molecular flexibility index (Phi) is 4.78. The molecule has 18 heavy (non-hydrogen) atoms. The van der Waals surface area contributed by atoms with Crippen LogP contribution in [-0.4, -0.2) is 27.9 Å². The number of ether oxygens (including phenoxy) is 1. The number of aromatic nitrogens is 1. The highest BCUT2D eigenvalue weighted by atomic mass is 16.5. The van der Waals surface area contributed by atoms with E-state index in [-0.39, 0.29) is 6.61 Å². The molecule has 0 aliphatic heterocycles. The minimum absolute atomic E-state index is 0.194. The first kappa shape index (κ1) is 14.6. The zero-order valence-electron chi connectivity index (χ0n) is 11.3. The third-order valence-corrected chi connectivity index (χ3v) is 2.54. The van der Waals surface area contributed by atoms with Crippen molar-refractivity contribution in [2.75, 3.05) is 12.3 Å². The minimum atomic E-state index is -0.829. The smallest absolute Gasteiger partial charge is 0.355 e. The van der Waals surface area contributed by atoms with Crippen molar-refractivity contribution in [3.63, 3.8) is 0 Å². The van der Waals surface area contributed by atoms with Gasteiger partial charge in [-0.1, -0.05) is 6.92 Å². The molecule has 1 aromatic heterocycles. The second kappa shape index (κ2) is 5.91. The van der Waals surface area contributed by atoms with Crippen LogP contribution >= 0.6 is 0 Å². The molecular weight excluding hydrogens is 232 g/mol. The maximum Gasteiger partial charge on any atom is 0.355 e. The van der Waals surface area contributed by atoms with Gasteiger partial charge in [0, 0.05) is 19.2 Å². The van der Waals surface area contributed by atoms with Crippen LogP contribution in [0, 0.1) is 0 Å². The van der Waals surface area contributed by atoms with E-state index in [2.05, 4.69) is 0 Å². The van der Waals surface area contributed by atoms with E-state index >= 15 is 0 Å². The van der Waals surface area contributed by atoms with Crippen molar-refractivity contribution in [3.8, 4) is 0 Å². The fourth-order valence-corrected chi connectivity index (χ4v) is 1.60. The summed E-state index contributed by atoms with van der Waals surface area (Å²) >= 11 is 0. The van der Waals surface area contributed by atoms with E-state index in [4.69, 9.17) is 10.5 Å². The Bertz CT molecular complexity index is 405. The molecule has 1 rings (SSSR count). The summed E-state index contributed by atoms with van der Waals surface area (Å²) in [6.07, 6.45) is 3.05. The normalized spacial score (nSPS) is 11.6. The highest BCUT2D eigenvalue weighted by molar-refractivity contribution is 5.89. The van der Waals surface area contributed by atoms with Crippen molar-refractivity contribution in [2.45, 2.75) is 45.8 Å². The number of aliphatic hydroxyl groups is 1. The Morgan fingerprint density at radius 2 is 2.22 bits per heavy atom. The van der Waals surface area contributed by atoms with Gasteiger partial charge in [-0.15, -0.1) is 0 Å². The number of anilines is 1. The monoisotopic (exact) mass is 254 g/mol. The average Bonchev–Trinajstić information content (AvgIpc) is 2.58. The Balaban J connectivity index is 2.61. The van der Waals surface area contributed by atoms with Crippen LogP contribution in [0.4, 0.5) is 5.69 Å². The third kappa shape index (κ3) is 4.41. The molecule has 0 bridgehead atoms. The lowest BCUT2D eigenvalue weighted by Crippen LogP contribution is -2.22. The fourth-order valence-electron chi connectivity index (χ4n) is 1.60. The van der Waals surface area contributed by atoms with Gasteiger partial charge in [0.05, 0.1) is 17.9 Å². The molecule has 0 saturated heterocycles. The molecule has 0 fully saturated rings. The molecule has 1 aromatic rings. The maximum atomic E-state index is 11.9. The lowest BCUT2D eigenvalue weighted by molar-refractivity contribution is 0.0236. The zero-order valence-corrected chi connectivity index (χ0v) is 11.3. The van der Waals surface area contributed by atoms with Crippen LogP contribution in [0.5, 0.6) is 0 Å². The van der Waals surface area contributed by atoms with Crippen molar-refractivity contribution in [1.29, 1.82) is 0 Å². The molecule has 5 nitrogen and oxygen atoms in total. The molecule has 5 heteroatoms. The number of hydrogen-bond acceptors (Lipinski definition) is 4. The van der Waals surface area contributed by atoms with Crippen LogP contribution < -0.4 is 5.73 Å². The molecule has 0 spiro atoms. The first-order valence-electron chi connectivity index (χ1n) is 6.18. The lowest BCUT2D eigenvalue weighted by atomic mass is 10.1. The van der Waals surface area contributed by atoms with Gasteiger partial charge < -0.3 is 20.1 Å². The van der Waals surface area contributed by atoms with Crippen molar-refractivity contribution in [2.24, 2.45) is 0 Å². The maximum absolute atomic E-state index is 11.9. The van der Waals surface area contributed by atoms with E-state index in [0.717, 1.165) is 13.0 Å². The lowest BCUT2D eigenvalue weighted by Gasteiger charge is -2.16. The number of nitrogen functional groups attached to an aromatic ring is 1. The SMILES string of the molecule is CCCn1cc(N)cc1C(=O)OCCC(C)(C)O. The fraction of sp³-hybridized carbons (Fsp3) is 0.615. The molecule has 0 unspecified atom stereocenters. The van der Waals surface area contributed by atoms with E-state index in [1.807, 2.05) is 6.92 Å². The van der Waals surface area contributed by atoms with Crippen LogP contribution in [0.15, 0.2) is 12.3 Å².